The van der Waals surface area contributed by atoms with Crippen molar-refractivity contribution >= 4 is 0 Å². The molecule has 0 radical (unpaired) electrons. The number of hydrogen-bond acceptors (Lipinski definition) is 2. The molecule has 0 bridgehead atoms. The molecule has 0 aliphatic carbocycles. The Labute approximate surface area is 93.3 Å². The van der Waals surface area contributed by atoms with Gasteiger partial charge in [0.2, 0.25) is 0 Å². The van der Waals surface area contributed by atoms with Gasteiger partial charge in [-0.3, -0.25) is 0 Å². The maximum absolute atomic E-state index is 8.93. The summed E-state index contributed by atoms with van der Waals surface area (Å²) in [6.45, 7) is 11.7. The summed E-state index contributed by atoms with van der Waals surface area (Å²) in [5, 5.41) is 8.93. The Bertz CT molecular complexity index is 43.8. The number of rotatable bonds is 3. The Balaban J connectivity index is -0.000000140. The van der Waals surface area contributed by atoms with Gasteiger partial charge in [0.05, 0.1) is 0 Å². The molecule has 0 atom stereocenters. The molecule has 0 N–H and O–H groups in total. The van der Waals surface area contributed by atoms with Crippen LogP contribution in [-0.4, -0.2) is 31.1 Å². The van der Waals surface area contributed by atoms with Gasteiger partial charge < -0.3 is 10.0 Å². The van der Waals surface area contributed by atoms with E-state index in [1.165, 1.54) is 19.6 Å². The van der Waals surface area contributed by atoms with Crippen LogP contribution in [0.2, 0.25) is 0 Å². The molecule has 0 aromatic rings. The van der Waals surface area contributed by atoms with Gasteiger partial charge in [-0.2, -0.15) is 0 Å². The summed E-state index contributed by atoms with van der Waals surface area (Å²) in [7, 11) is 0. The molecule has 0 rings (SSSR count). The maximum Gasteiger partial charge on any atom is 1.00 e. The largest absolute Gasteiger partial charge is 1.00 e. The molecule has 0 fully saturated rings. The summed E-state index contributed by atoms with van der Waals surface area (Å²) in [5.74, 6) is 0. The number of nitrogens with zero attached hydrogens (tertiary/aromatic N) is 1. The molecule has 2 nitrogen and oxygen atoms in total. The van der Waals surface area contributed by atoms with Crippen LogP contribution in [0.4, 0.5) is 0 Å². The molecule has 0 aromatic heterocycles. The molecule has 0 amide bonds. The molecule has 0 aromatic carbocycles. The van der Waals surface area contributed by atoms with Crippen LogP contribution in [0.3, 0.4) is 0 Å². The van der Waals surface area contributed by atoms with Crippen molar-refractivity contribution in [3.05, 3.63) is 0 Å². The molecule has 0 saturated carbocycles. The van der Waals surface area contributed by atoms with E-state index in [0.29, 0.717) is 0 Å². The van der Waals surface area contributed by atoms with E-state index < -0.39 is 0 Å². The first-order valence-electron chi connectivity index (χ1n) is 4.07. The summed E-state index contributed by atoms with van der Waals surface area (Å²) in [5.41, 5.74) is 0. The molecule has 0 unspecified atom stereocenters. The minimum absolute atomic E-state index is 0. The van der Waals surface area contributed by atoms with E-state index in [0.717, 1.165) is 0 Å². The van der Waals surface area contributed by atoms with E-state index >= 15 is 0 Å². The van der Waals surface area contributed by atoms with Crippen molar-refractivity contribution in [2.75, 3.05) is 26.2 Å². The first-order chi connectivity index (χ1) is 4.76. The van der Waals surface area contributed by atoms with Crippen LogP contribution in [0.25, 0.3) is 0 Å². The van der Waals surface area contributed by atoms with Gasteiger partial charge in [-0.1, -0.05) is 27.7 Å². The molecule has 0 aliphatic heterocycles. The van der Waals surface area contributed by atoms with Crippen LogP contribution in [0.1, 0.15) is 27.7 Å². The minimum Gasteiger partial charge on any atom is -0.855 e. The van der Waals surface area contributed by atoms with Crippen molar-refractivity contribution in [3.8, 4) is 0 Å². The average Bonchev–Trinajstić information content (AvgIpc) is 1.93. The van der Waals surface area contributed by atoms with Crippen molar-refractivity contribution in [2.45, 2.75) is 27.7 Å². The smallest absolute Gasteiger partial charge is 0.855 e. The molecule has 0 saturated heterocycles. The second-order valence-electron chi connectivity index (χ2n) is 1.91. The van der Waals surface area contributed by atoms with Crippen LogP contribution < -0.4 is 34.7 Å². The molecule has 3 heteroatoms. The summed E-state index contributed by atoms with van der Waals surface area (Å²) < 4.78 is 0. The predicted molar refractivity (Wildman–Crippen MR) is 44.0 cm³/mol. The van der Waals surface area contributed by atoms with Gasteiger partial charge in [-0.15, -0.1) is 6.61 Å². The monoisotopic (exact) mass is 169 g/mol. The standard InChI is InChI=1S/C6H15N.C2H5O.Na/c1-4-7(5-2)6-3;1-2-3;/h4-6H2,1-3H3;2H2,1H3;/q;-1;+1. The van der Waals surface area contributed by atoms with Crippen LogP contribution in [-0.2, 0) is 0 Å². The van der Waals surface area contributed by atoms with Gasteiger partial charge in [0, 0.05) is 0 Å². The quantitative estimate of drug-likeness (QED) is 0.445. The van der Waals surface area contributed by atoms with Crippen LogP contribution in [0.15, 0.2) is 0 Å². The first-order valence-corrected chi connectivity index (χ1v) is 4.07. The van der Waals surface area contributed by atoms with Gasteiger partial charge in [0.1, 0.15) is 0 Å². The van der Waals surface area contributed by atoms with Gasteiger partial charge in [0.15, 0.2) is 0 Å². The van der Waals surface area contributed by atoms with E-state index in [1.54, 1.807) is 6.92 Å². The molecular weight excluding hydrogens is 149 g/mol. The molecule has 0 spiro atoms. The van der Waals surface area contributed by atoms with Crippen molar-refractivity contribution in [2.24, 2.45) is 0 Å². The van der Waals surface area contributed by atoms with Gasteiger partial charge in [-0.25, -0.2) is 0 Å². The molecule has 0 aliphatic rings. The third kappa shape index (κ3) is 18.1. The fourth-order valence-electron chi connectivity index (χ4n) is 0.671. The zero-order valence-corrected chi connectivity index (χ0v) is 10.7. The van der Waals surface area contributed by atoms with E-state index in [9.17, 15) is 0 Å². The van der Waals surface area contributed by atoms with Crippen LogP contribution in [0, 0.1) is 0 Å². The number of hydrogen-bond donors (Lipinski definition) is 0. The zero-order chi connectivity index (χ0) is 8.41. The van der Waals surface area contributed by atoms with Crippen LogP contribution in [0.5, 0.6) is 0 Å². The molecular formula is C8H20NNaO. The Morgan fingerprint density at radius 2 is 1.09 bits per heavy atom. The van der Waals surface area contributed by atoms with E-state index in [4.69, 9.17) is 5.11 Å². The van der Waals surface area contributed by atoms with Gasteiger partial charge in [0.25, 0.3) is 0 Å². The van der Waals surface area contributed by atoms with Crippen molar-refractivity contribution in [1.82, 2.24) is 4.90 Å². The first kappa shape index (κ1) is 17.9. The Morgan fingerprint density at radius 1 is 0.909 bits per heavy atom. The zero-order valence-electron chi connectivity index (χ0n) is 8.68. The third-order valence-electron chi connectivity index (χ3n) is 1.34. The summed E-state index contributed by atoms with van der Waals surface area (Å²) in [6, 6.07) is 0. The topological polar surface area (TPSA) is 26.3 Å². The summed E-state index contributed by atoms with van der Waals surface area (Å²) in [6.07, 6.45) is 0. The Hall–Kier alpha value is 0.920. The SMILES string of the molecule is CCN(CC)CC.CC[O-].[Na+]. The molecule has 11 heavy (non-hydrogen) atoms. The summed E-state index contributed by atoms with van der Waals surface area (Å²) in [4.78, 5) is 2.38. The van der Waals surface area contributed by atoms with E-state index in [1.807, 2.05) is 0 Å². The third-order valence-corrected chi connectivity index (χ3v) is 1.34. The van der Waals surface area contributed by atoms with E-state index in [2.05, 4.69) is 25.7 Å². The van der Waals surface area contributed by atoms with E-state index in [-0.39, 0.29) is 36.2 Å². The Morgan fingerprint density at radius 3 is 1.09 bits per heavy atom. The summed E-state index contributed by atoms with van der Waals surface area (Å²) >= 11 is 0. The fourth-order valence-corrected chi connectivity index (χ4v) is 0.671. The maximum atomic E-state index is 8.93. The average molecular weight is 169 g/mol. The van der Waals surface area contributed by atoms with Crippen molar-refractivity contribution in [3.63, 3.8) is 0 Å². The minimum atomic E-state index is 0. The van der Waals surface area contributed by atoms with Crippen molar-refractivity contribution < 1.29 is 34.7 Å². The molecule has 64 valence electrons. The molecule has 0 heterocycles. The van der Waals surface area contributed by atoms with Crippen LogP contribution >= 0.6 is 0 Å². The van der Waals surface area contributed by atoms with Gasteiger partial charge >= 0.3 is 29.6 Å². The second-order valence-corrected chi connectivity index (χ2v) is 1.91. The van der Waals surface area contributed by atoms with Gasteiger partial charge in [-0.05, 0) is 19.6 Å². The normalized spacial score (nSPS) is 8.18. The second kappa shape index (κ2) is 17.1. The van der Waals surface area contributed by atoms with Crippen molar-refractivity contribution in [1.29, 1.82) is 0 Å². The Kier molecular flexibility index (Phi) is 27.8. The fraction of sp³-hybridized carbons (Fsp3) is 1.00. The predicted octanol–water partition coefficient (Wildman–Crippen LogP) is -2.28.